The minimum Gasteiger partial charge on any atom is -0.326 e. The first-order chi connectivity index (χ1) is 8.95. The standard InChI is InChI=1S/C14H26ClN3S/c1-5-11(16)14(12-7-8-13(15)19-12)18(4)10-6-9-17(2)3/h7-8,11,14H,5-6,9-10,16H2,1-4H3. The highest BCUT2D eigenvalue weighted by atomic mass is 35.5. The third kappa shape index (κ3) is 5.40. The number of likely N-dealkylation sites (N-methyl/N-ethyl adjacent to an activating group) is 1. The topological polar surface area (TPSA) is 32.5 Å². The van der Waals surface area contributed by atoms with Gasteiger partial charge in [-0.2, -0.15) is 0 Å². The molecule has 0 bridgehead atoms. The molecule has 0 amide bonds. The van der Waals surface area contributed by atoms with Crippen LogP contribution < -0.4 is 5.73 Å². The van der Waals surface area contributed by atoms with Crippen molar-refractivity contribution >= 4 is 22.9 Å². The van der Waals surface area contributed by atoms with Crippen LogP contribution in [0.1, 0.15) is 30.7 Å². The normalized spacial score (nSPS) is 15.2. The van der Waals surface area contributed by atoms with Crippen LogP contribution in [0.25, 0.3) is 0 Å². The van der Waals surface area contributed by atoms with Gasteiger partial charge < -0.3 is 10.6 Å². The van der Waals surface area contributed by atoms with Crippen LogP contribution in [0, 0.1) is 0 Å². The molecular weight excluding hydrogens is 278 g/mol. The zero-order valence-corrected chi connectivity index (χ0v) is 14.0. The van der Waals surface area contributed by atoms with Gasteiger partial charge in [-0.3, -0.25) is 4.90 Å². The summed E-state index contributed by atoms with van der Waals surface area (Å²) in [6.07, 6.45) is 2.12. The minimum absolute atomic E-state index is 0.152. The molecule has 0 aliphatic heterocycles. The molecule has 2 N–H and O–H groups in total. The molecule has 3 nitrogen and oxygen atoms in total. The van der Waals surface area contributed by atoms with Gasteiger partial charge in [0.15, 0.2) is 0 Å². The highest BCUT2D eigenvalue weighted by Gasteiger charge is 2.24. The van der Waals surface area contributed by atoms with E-state index in [0.29, 0.717) is 0 Å². The van der Waals surface area contributed by atoms with E-state index >= 15 is 0 Å². The van der Waals surface area contributed by atoms with Crippen molar-refractivity contribution in [2.45, 2.75) is 31.8 Å². The first-order valence-electron chi connectivity index (χ1n) is 6.81. The van der Waals surface area contributed by atoms with Crippen molar-refractivity contribution in [2.75, 3.05) is 34.2 Å². The molecule has 0 aliphatic rings. The molecule has 0 spiro atoms. The van der Waals surface area contributed by atoms with E-state index in [9.17, 15) is 0 Å². The van der Waals surface area contributed by atoms with Gasteiger partial charge in [0.1, 0.15) is 0 Å². The van der Waals surface area contributed by atoms with Gasteiger partial charge in [-0.1, -0.05) is 18.5 Å². The summed E-state index contributed by atoms with van der Waals surface area (Å²) in [5.74, 6) is 0. The van der Waals surface area contributed by atoms with Gasteiger partial charge in [-0.05, 0) is 59.2 Å². The average Bonchev–Trinajstić information content (AvgIpc) is 2.75. The predicted molar refractivity (Wildman–Crippen MR) is 86.1 cm³/mol. The molecule has 0 saturated heterocycles. The second-order valence-electron chi connectivity index (χ2n) is 5.30. The van der Waals surface area contributed by atoms with Crippen molar-refractivity contribution in [3.05, 3.63) is 21.3 Å². The van der Waals surface area contributed by atoms with E-state index in [-0.39, 0.29) is 12.1 Å². The lowest BCUT2D eigenvalue weighted by atomic mass is 10.0. The van der Waals surface area contributed by atoms with Crippen molar-refractivity contribution < 1.29 is 0 Å². The van der Waals surface area contributed by atoms with Crippen LogP contribution in [-0.4, -0.2) is 50.1 Å². The van der Waals surface area contributed by atoms with E-state index in [1.165, 1.54) is 4.88 Å². The van der Waals surface area contributed by atoms with Crippen LogP contribution in [0.15, 0.2) is 12.1 Å². The lowest BCUT2D eigenvalue weighted by molar-refractivity contribution is 0.203. The smallest absolute Gasteiger partial charge is 0.0931 e. The molecule has 0 saturated carbocycles. The summed E-state index contributed by atoms with van der Waals surface area (Å²) in [5, 5.41) is 0. The zero-order valence-electron chi connectivity index (χ0n) is 12.4. The Morgan fingerprint density at radius 1 is 1.26 bits per heavy atom. The monoisotopic (exact) mass is 303 g/mol. The molecule has 19 heavy (non-hydrogen) atoms. The fourth-order valence-electron chi connectivity index (χ4n) is 2.24. The fraction of sp³-hybridized carbons (Fsp3) is 0.714. The maximum absolute atomic E-state index is 6.30. The van der Waals surface area contributed by atoms with Crippen molar-refractivity contribution in [2.24, 2.45) is 5.73 Å². The molecule has 2 unspecified atom stereocenters. The van der Waals surface area contributed by atoms with E-state index in [1.54, 1.807) is 11.3 Å². The molecule has 0 aliphatic carbocycles. The van der Waals surface area contributed by atoms with Crippen molar-refractivity contribution in [3.8, 4) is 0 Å². The molecule has 1 heterocycles. The number of hydrogen-bond acceptors (Lipinski definition) is 4. The van der Waals surface area contributed by atoms with Crippen LogP contribution in [-0.2, 0) is 0 Å². The summed E-state index contributed by atoms with van der Waals surface area (Å²) in [4.78, 5) is 5.84. The maximum atomic E-state index is 6.30. The Bertz CT molecular complexity index is 367. The van der Waals surface area contributed by atoms with Crippen LogP contribution in [0.4, 0.5) is 0 Å². The van der Waals surface area contributed by atoms with Gasteiger partial charge in [0.2, 0.25) is 0 Å². The van der Waals surface area contributed by atoms with E-state index in [0.717, 1.165) is 30.3 Å². The second kappa shape index (κ2) is 8.22. The lowest BCUT2D eigenvalue weighted by Gasteiger charge is -2.32. The van der Waals surface area contributed by atoms with Crippen LogP contribution in [0.5, 0.6) is 0 Å². The molecule has 0 radical (unpaired) electrons. The number of nitrogens with two attached hydrogens (primary N) is 1. The number of thiophene rings is 1. The van der Waals surface area contributed by atoms with E-state index in [4.69, 9.17) is 17.3 Å². The summed E-state index contributed by atoms with van der Waals surface area (Å²) < 4.78 is 0.838. The van der Waals surface area contributed by atoms with Crippen LogP contribution >= 0.6 is 22.9 Å². The largest absolute Gasteiger partial charge is 0.326 e. The Labute approximate surface area is 126 Å². The second-order valence-corrected chi connectivity index (χ2v) is 7.04. The minimum atomic E-state index is 0.152. The fourth-order valence-corrected chi connectivity index (χ4v) is 3.54. The van der Waals surface area contributed by atoms with Gasteiger partial charge >= 0.3 is 0 Å². The SMILES string of the molecule is CCC(N)C(c1ccc(Cl)s1)N(C)CCCN(C)C. The number of halogens is 1. The quantitative estimate of drug-likeness (QED) is 0.801. The number of rotatable bonds is 8. The molecule has 0 fully saturated rings. The maximum Gasteiger partial charge on any atom is 0.0931 e. The summed E-state index contributed by atoms with van der Waals surface area (Å²) >= 11 is 7.70. The van der Waals surface area contributed by atoms with Crippen molar-refractivity contribution in [3.63, 3.8) is 0 Å². The lowest BCUT2D eigenvalue weighted by Crippen LogP contribution is -2.39. The van der Waals surface area contributed by atoms with Crippen LogP contribution in [0.2, 0.25) is 4.34 Å². The summed E-state index contributed by atoms with van der Waals surface area (Å²) in [6.45, 7) is 4.29. The predicted octanol–water partition coefficient (Wildman–Crippen LogP) is 3.06. The Kier molecular flexibility index (Phi) is 7.32. The Morgan fingerprint density at radius 2 is 1.95 bits per heavy atom. The van der Waals surface area contributed by atoms with E-state index in [2.05, 4.69) is 43.9 Å². The highest BCUT2D eigenvalue weighted by molar-refractivity contribution is 7.16. The molecule has 0 aromatic carbocycles. The van der Waals surface area contributed by atoms with E-state index < -0.39 is 0 Å². The molecular formula is C14H26ClN3S. The first-order valence-corrected chi connectivity index (χ1v) is 8.01. The molecule has 5 heteroatoms. The summed E-state index contributed by atoms with van der Waals surface area (Å²) in [6, 6.07) is 4.49. The number of nitrogens with zero attached hydrogens (tertiary/aromatic N) is 2. The van der Waals surface area contributed by atoms with Gasteiger partial charge in [0, 0.05) is 10.9 Å². The molecule has 1 aromatic heterocycles. The van der Waals surface area contributed by atoms with Crippen molar-refractivity contribution in [1.29, 1.82) is 0 Å². The Hall–Kier alpha value is -0.130. The summed E-state index contributed by atoms with van der Waals surface area (Å²) in [7, 11) is 6.37. The molecule has 1 rings (SSSR count). The number of hydrogen-bond donors (Lipinski definition) is 1. The third-order valence-corrected chi connectivity index (χ3v) is 4.66. The van der Waals surface area contributed by atoms with Gasteiger partial charge in [0.05, 0.1) is 10.4 Å². The van der Waals surface area contributed by atoms with Gasteiger partial charge in [-0.15, -0.1) is 11.3 Å². The first kappa shape index (κ1) is 16.9. The highest BCUT2D eigenvalue weighted by Crippen LogP contribution is 2.32. The average molecular weight is 304 g/mol. The van der Waals surface area contributed by atoms with Crippen LogP contribution in [0.3, 0.4) is 0 Å². The van der Waals surface area contributed by atoms with Gasteiger partial charge in [0.25, 0.3) is 0 Å². The van der Waals surface area contributed by atoms with E-state index in [1.807, 2.05) is 6.07 Å². The molecule has 2 atom stereocenters. The van der Waals surface area contributed by atoms with Crippen molar-refractivity contribution in [1.82, 2.24) is 9.80 Å². The third-order valence-electron chi connectivity index (χ3n) is 3.35. The molecule has 1 aromatic rings. The molecule has 110 valence electrons. The Balaban J connectivity index is 2.68. The Morgan fingerprint density at radius 3 is 2.42 bits per heavy atom. The van der Waals surface area contributed by atoms with Gasteiger partial charge in [-0.25, -0.2) is 0 Å². The summed E-state index contributed by atoms with van der Waals surface area (Å²) in [5.41, 5.74) is 6.30. The zero-order chi connectivity index (χ0) is 14.4.